The number of hydrogen-bond donors (Lipinski definition) is 0. The first kappa shape index (κ1) is 40.2. The van der Waals surface area contributed by atoms with Crippen LogP contribution in [0.2, 0.25) is 0 Å². The van der Waals surface area contributed by atoms with Crippen LogP contribution in [0, 0.1) is 17.6 Å². The number of pyridine rings is 1. The molecule has 0 amide bonds. The molecule has 0 radical (unpaired) electrons. The van der Waals surface area contributed by atoms with E-state index in [1.54, 1.807) is 12.3 Å². The van der Waals surface area contributed by atoms with Gasteiger partial charge in [-0.1, -0.05) is 66.7 Å². The van der Waals surface area contributed by atoms with Gasteiger partial charge in [0, 0.05) is 37.4 Å². The maximum absolute atomic E-state index is 8.80. The summed E-state index contributed by atoms with van der Waals surface area (Å²) in [5, 5.41) is 6.79. The van der Waals surface area contributed by atoms with Crippen LogP contribution in [0.15, 0.2) is 176 Å². The Hall–Kier alpha value is -7.53. The summed E-state index contributed by atoms with van der Waals surface area (Å²) < 4.78 is 43.7. The van der Waals surface area contributed by atoms with Crippen LogP contribution in [0.3, 0.4) is 0 Å². The maximum atomic E-state index is 8.80. The molecule has 0 fully saturated rings. The van der Waals surface area contributed by atoms with Gasteiger partial charge in [-0.05, 0) is 24.0 Å². The molecule has 0 aliphatic heterocycles. The van der Waals surface area contributed by atoms with Crippen LogP contribution in [-0.4, -0.2) is 23.1 Å². The minimum absolute atomic E-state index is 0.0390. The Morgan fingerprint density at radius 2 is 1.11 bits per heavy atom. The molecular weight excluding hydrogens is 1050 g/mol. The summed E-state index contributed by atoms with van der Waals surface area (Å²) in [5.41, 5.74) is 14.6. The second-order valence-corrected chi connectivity index (χ2v) is 22.1. The number of hydrogen-bond acceptors (Lipinski definition) is 2. The predicted molar refractivity (Wildman–Crippen MR) is 291 cm³/mol. The predicted octanol–water partition coefficient (Wildman–Crippen LogP) is 16.8. The fraction of sp³-hybridized carbons (Fsp3) is 0.156. The minimum Gasteiger partial charge on any atom is -0.0622 e. The minimum atomic E-state index is -2.41. The summed E-state index contributed by atoms with van der Waals surface area (Å²) in [5.74, 6) is 1.88. The molecule has 0 saturated heterocycles. The van der Waals surface area contributed by atoms with Gasteiger partial charge in [0.05, 0.1) is 16.6 Å². The van der Waals surface area contributed by atoms with Crippen LogP contribution in [0.1, 0.15) is 67.9 Å². The van der Waals surface area contributed by atoms with Crippen LogP contribution in [0.25, 0.3) is 99.3 Å². The molecule has 0 saturated carbocycles. The Morgan fingerprint density at radius 3 is 1.83 bits per heavy atom. The molecule has 13 rings (SSSR count). The molecule has 13 aromatic rings. The molecule has 7 heteroatoms. The third-order valence-electron chi connectivity index (χ3n) is 14.6. The average molecular weight is 1110 g/mol. The molecule has 8 aromatic carbocycles. The number of nitrogens with zero attached hydrogens (tertiary/aromatic N) is 5. The van der Waals surface area contributed by atoms with Gasteiger partial charge < -0.3 is 4.40 Å². The summed E-state index contributed by atoms with van der Waals surface area (Å²) in [6.45, 7) is 13.4. The van der Waals surface area contributed by atoms with Crippen LogP contribution in [-0.2, 0) is 30.2 Å². The van der Waals surface area contributed by atoms with Gasteiger partial charge in [0.2, 0.25) is 0 Å². The van der Waals surface area contributed by atoms with E-state index in [4.69, 9.17) is 13.8 Å². The number of aryl methyl sites for hydroxylation is 2. The van der Waals surface area contributed by atoms with Gasteiger partial charge in [0.25, 0.3) is 0 Å². The van der Waals surface area contributed by atoms with E-state index in [2.05, 4.69) is 213 Å². The van der Waals surface area contributed by atoms with Crippen LogP contribution in [0.4, 0.5) is 0 Å². The Balaban J connectivity index is 0.999. The Labute approximate surface area is 428 Å². The van der Waals surface area contributed by atoms with Crippen LogP contribution < -0.4 is 4.74 Å². The first-order valence-electron chi connectivity index (χ1n) is 25.8. The van der Waals surface area contributed by atoms with E-state index in [0.29, 0.717) is 17.1 Å². The van der Waals surface area contributed by atoms with Crippen molar-refractivity contribution in [3.8, 4) is 39.8 Å². The standard InChI is InChI=1S/C64H53N5O.Pt/c1-39-25-26-44(66-38-67(56-24-15-14-23-55(56)66)45-31-42(63(3,4)5)30-43(32-45)64(6,7)8)33-60(39)70-46-27-28-48-51-35-52-50-21-16-20-49-47-19-12-13-22-54(47)69(62(49)50)59(52)36-58(51)68(57(48)34-46)61-29-40(2)53(37-65-61)41-17-10-9-11-18-41;/h9-37H,1-8H3;/i2D3;. The van der Waals surface area contributed by atoms with Crippen molar-refractivity contribution < 1.29 is 28.2 Å². The number of aromatic nitrogens is 5. The third-order valence-corrected chi connectivity index (χ3v) is 15.6. The molecule has 5 heterocycles. The number of rotatable bonds is 6. The molecule has 0 unspecified atom stereocenters. The summed E-state index contributed by atoms with van der Waals surface area (Å²) >= 11 is 2.48. The molecule has 350 valence electrons. The summed E-state index contributed by atoms with van der Waals surface area (Å²) in [6.07, 6.45) is 1.71. The van der Waals surface area contributed by atoms with Crippen molar-refractivity contribution in [3.05, 3.63) is 202 Å². The molecule has 0 bridgehead atoms. The molecule has 0 spiro atoms. The fourth-order valence-corrected chi connectivity index (χ4v) is 12.0. The average Bonchev–Trinajstić information content (AvgIpc) is 4.09. The number of para-hydroxylation sites is 4. The number of benzene rings is 8. The zero-order chi connectivity index (χ0) is 51.2. The zero-order valence-corrected chi connectivity index (χ0v) is 43.0. The van der Waals surface area contributed by atoms with Crippen molar-refractivity contribution in [2.45, 2.75) is 66.1 Å². The Kier molecular flexibility index (Phi) is 8.92. The van der Waals surface area contributed by atoms with Gasteiger partial charge in [-0.15, -0.1) is 0 Å². The van der Waals surface area contributed by atoms with Crippen molar-refractivity contribution in [3.63, 3.8) is 0 Å². The molecule has 0 aliphatic rings. The molecular formula is C64H53N5OPt. The van der Waals surface area contributed by atoms with Crippen molar-refractivity contribution in [1.82, 2.24) is 23.1 Å². The quantitative estimate of drug-likeness (QED) is 0.166. The van der Waals surface area contributed by atoms with Crippen molar-refractivity contribution >= 4 is 70.9 Å². The molecule has 5 aromatic heterocycles. The zero-order valence-electron chi connectivity index (χ0n) is 43.7. The second kappa shape index (κ2) is 15.7. The number of ether oxygens (including phenoxy) is 1. The third kappa shape index (κ3) is 6.79. The SMILES string of the molecule is [2H]C([2H])([2H])c1cc(-n2c3cc(Oc4cc(-n5[c](=[Pt])n(-c6cc(C(C)(C)C)cc(C(C)(C)C)c6)c6ccccc65)ccc4C)ccc3c3cc4c5cccc6c7ccccc7n(c4cc32)c65)ncc1-c1ccccc1. The molecule has 0 N–H and O–H groups in total. The van der Waals surface area contributed by atoms with Gasteiger partial charge in [-0.2, -0.15) is 0 Å². The van der Waals surface area contributed by atoms with Gasteiger partial charge in [-0.3, -0.25) is 0 Å². The van der Waals surface area contributed by atoms with Gasteiger partial charge in [-0.25, -0.2) is 0 Å². The van der Waals surface area contributed by atoms with E-state index in [9.17, 15) is 0 Å². The first-order valence-corrected chi connectivity index (χ1v) is 25.4. The van der Waals surface area contributed by atoms with Crippen molar-refractivity contribution in [2.24, 2.45) is 0 Å². The topological polar surface area (TPSA) is 41.3 Å². The number of imidazole rings is 1. The summed E-state index contributed by atoms with van der Waals surface area (Å²) in [7, 11) is 0. The van der Waals surface area contributed by atoms with E-state index < -0.39 is 6.85 Å². The summed E-state index contributed by atoms with van der Waals surface area (Å²) in [6, 6.07) is 59.4. The fourth-order valence-electron chi connectivity index (χ4n) is 10.8. The normalized spacial score (nSPS) is 13.4. The Morgan fingerprint density at radius 1 is 0.493 bits per heavy atom. The van der Waals surface area contributed by atoms with Gasteiger partial charge in [0.15, 0.2) is 0 Å². The van der Waals surface area contributed by atoms with Gasteiger partial charge >= 0.3 is 281 Å². The van der Waals surface area contributed by atoms with E-state index in [1.807, 2.05) is 36.4 Å². The van der Waals surface area contributed by atoms with Crippen molar-refractivity contribution in [2.75, 3.05) is 0 Å². The van der Waals surface area contributed by atoms with Crippen molar-refractivity contribution in [1.29, 1.82) is 0 Å². The van der Waals surface area contributed by atoms with Crippen LogP contribution >= 0.6 is 0 Å². The van der Waals surface area contributed by atoms with E-state index in [0.717, 1.165) is 81.3 Å². The molecule has 6 nitrogen and oxygen atoms in total. The number of fused-ring (bicyclic) bond motifs is 10. The van der Waals surface area contributed by atoms with E-state index >= 15 is 0 Å². The Bertz CT molecular complexity index is 4470. The van der Waals surface area contributed by atoms with Crippen LogP contribution in [0.5, 0.6) is 11.5 Å². The summed E-state index contributed by atoms with van der Waals surface area (Å²) in [4.78, 5) is 5.11. The molecule has 0 atom stereocenters. The first-order chi connectivity index (χ1) is 35.4. The van der Waals surface area contributed by atoms with E-state index in [1.165, 1.54) is 32.8 Å². The molecule has 0 aliphatic carbocycles. The van der Waals surface area contributed by atoms with Gasteiger partial charge in [0.1, 0.15) is 0 Å². The van der Waals surface area contributed by atoms with E-state index in [-0.39, 0.29) is 16.4 Å². The molecule has 71 heavy (non-hydrogen) atoms. The smallest absolute Gasteiger partial charge is 0.0622 e. The second-order valence-electron chi connectivity index (χ2n) is 21.1. The monoisotopic (exact) mass is 1110 g/mol.